The number of hydrogen-bond acceptors (Lipinski definition) is 8. The zero-order valence-corrected chi connectivity index (χ0v) is 24.0. The minimum absolute atomic E-state index is 0.00216. The van der Waals surface area contributed by atoms with Crippen molar-refractivity contribution in [1.82, 2.24) is 5.32 Å². The lowest BCUT2D eigenvalue weighted by molar-refractivity contribution is -0.116. The highest BCUT2D eigenvalue weighted by atomic mass is 32.3. The second kappa shape index (κ2) is 12.7. The molecule has 3 aromatic rings. The van der Waals surface area contributed by atoms with Crippen molar-refractivity contribution in [2.75, 3.05) is 25.1 Å². The van der Waals surface area contributed by atoms with Gasteiger partial charge in [0.05, 0.1) is 13.2 Å². The number of aliphatic hydroxyl groups is 1. The minimum Gasteiger partial charge on any atom is -0.449 e. The molecule has 218 valence electrons. The van der Waals surface area contributed by atoms with Gasteiger partial charge < -0.3 is 24.7 Å². The molecule has 0 fully saturated rings. The fourth-order valence-corrected chi connectivity index (χ4v) is 5.28. The molecular formula is C30H34N2O8S. The lowest BCUT2D eigenvalue weighted by Gasteiger charge is -2.18. The normalized spacial score (nSPS) is 12.8. The zero-order valence-electron chi connectivity index (χ0n) is 23.2. The molecule has 11 heteroatoms. The highest BCUT2D eigenvalue weighted by Gasteiger charge is 2.29. The second-order valence-corrected chi connectivity index (χ2v) is 12.1. The van der Waals surface area contributed by atoms with Crippen molar-refractivity contribution in [1.29, 1.82) is 0 Å². The summed E-state index contributed by atoms with van der Waals surface area (Å²) < 4.78 is 39.7. The molecule has 0 radical (unpaired) electrons. The molecule has 41 heavy (non-hydrogen) atoms. The molecule has 0 atom stereocenters. The first-order valence-electron chi connectivity index (χ1n) is 13.2. The van der Waals surface area contributed by atoms with Crippen LogP contribution in [0.1, 0.15) is 49.8 Å². The molecule has 0 spiro atoms. The lowest BCUT2D eigenvalue weighted by atomic mass is 9.98. The summed E-state index contributed by atoms with van der Waals surface area (Å²) in [4.78, 5) is 24.9. The maximum atomic E-state index is 12.5. The summed E-state index contributed by atoms with van der Waals surface area (Å²) in [6.45, 7) is 5.12. The van der Waals surface area contributed by atoms with E-state index < -0.39 is 34.4 Å². The molecule has 0 saturated carbocycles. The molecule has 1 aliphatic carbocycles. The van der Waals surface area contributed by atoms with E-state index in [1.54, 1.807) is 0 Å². The van der Waals surface area contributed by atoms with E-state index in [2.05, 4.69) is 22.8 Å². The number of ether oxygens (including phenoxy) is 1. The van der Waals surface area contributed by atoms with E-state index in [9.17, 15) is 23.1 Å². The number of fused-ring (bicyclic) bond motifs is 3. The Morgan fingerprint density at radius 3 is 2.20 bits per heavy atom. The van der Waals surface area contributed by atoms with Crippen LogP contribution in [-0.2, 0) is 30.7 Å². The Morgan fingerprint density at radius 1 is 0.951 bits per heavy atom. The van der Waals surface area contributed by atoms with E-state index in [-0.39, 0.29) is 43.5 Å². The van der Waals surface area contributed by atoms with E-state index in [0.717, 1.165) is 22.3 Å². The van der Waals surface area contributed by atoms with Gasteiger partial charge >= 0.3 is 16.5 Å². The number of nitrogens with one attached hydrogen (secondary N) is 2. The summed E-state index contributed by atoms with van der Waals surface area (Å²) in [5.41, 5.74) is 4.57. The molecule has 3 N–H and O–H groups in total. The Labute approximate surface area is 240 Å². The predicted octanol–water partition coefficient (Wildman–Crippen LogP) is 4.73. The van der Waals surface area contributed by atoms with Gasteiger partial charge in [0.15, 0.2) is 0 Å². The molecule has 0 heterocycles. The van der Waals surface area contributed by atoms with Crippen molar-refractivity contribution >= 4 is 28.1 Å². The van der Waals surface area contributed by atoms with Gasteiger partial charge in [0.25, 0.3) is 0 Å². The molecule has 0 bridgehead atoms. The number of hydrogen-bond donors (Lipinski definition) is 3. The van der Waals surface area contributed by atoms with Crippen LogP contribution in [0.5, 0.6) is 5.75 Å². The van der Waals surface area contributed by atoms with Crippen molar-refractivity contribution in [2.24, 2.45) is 5.41 Å². The second-order valence-electron chi connectivity index (χ2n) is 10.8. The summed E-state index contributed by atoms with van der Waals surface area (Å²) in [5, 5.41) is 14.8. The largest absolute Gasteiger partial charge is 0.449 e. The lowest BCUT2D eigenvalue weighted by Crippen LogP contribution is -2.29. The van der Waals surface area contributed by atoms with Crippen LogP contribution < -0.4 is 14.8 Å². The summed E-state index contributed by atoms with van der Waals surface area (Å²) in [6, 6.07) is 20.1. The van der Waals surface area contributed by atoms with Crippen molar-refractivity contribution in [3.8, 4) is 16.9 Å². The molecule has 0 aliphatic heterocycles. The molecule has 0 aromatic heterocycles. The van der Waals surface area contributed by atoms with Gasteiger partial charge in [0.2, 0.25) is 5.91 Å². The first-order valence-corrected chi connectivity index (χ1v) is 14.5. The number of carbonyl (C=O) groups excluding carboxylic acids is 2. The van der Waals surface area contributed by atoms with E-state index in [1.165, 1.54) is 18.2 Å². The van der Waals surface area contributed by atoms with Gasteiger partial charge in [-0.15, -0.1) is 0 Å². The van der Waals surface area contributed by atoms with E-state index >= 15 is 0 Å². The zero-order chi connectivity index (χ0) is 29.6. The Bertz CT molecular complexity index is 1470. The average Bonchev–Trinajstić information content (AvgIpc) is 3.24. The predicted molar refractivity (Wildman–Crippen MR) is 154 cm³/mol. The Kier molecular flexibility index (Phi) is 9.31. The number of anilines is 1. The number of benzene rings is 3. The fourth-order valence-electron chi connectivity index (χ4n) is 4.39. The van der Waals surface area contributed by atoms with Gasteiger partial charge in [-0.3, -0.25) is 4.79 Å². The molecule has 2 amide bonds. The molecule has 3 aromatic carbocycles. The summed E-state index contributed by atoms with van der Waals surface area (Å²) in [6.07, 6.45) is -0.737. The van der Waals surface area contributed by atoms with Crippen molar-refractivity contribution in [3.63, 3.8) is 0 Å². The van der Waals surface area contributed by atoms with E-state index in [1.807, 2.05) is 57.2 Å². The van der Waals surface area contributed by atoms with Gasteiger partial charge in [-0.05, 0) is 33.7 Å². The SMILES string of the molecule is CC(C)(C)COS(=O)(=O)Oc1ccc(CO)c(NC(=O)CCNC(=O)OCC2c3ccccc3-c3ccccc32)c1. The van der Waals surface area contributed by atoms with Gasteiger partial charge in [0.1, 0.15) is 12.4 Å². The van der Waals surface area contributed by atoms with Gasteiger partial charge in [-0.2, -0.15) is 8.42 Å². The third-order valence-corrected chi connectivity index (χ3v) is 7.13. The van der Waals surface area contributed by atoms with Crippen LogP contribution in [0.3, 0.4) is 0 Å². The highest BCUT2D eigenvalue weighted by molar-refractivity contribution is 7.82. The summed E-state index contributed by atoms with van der Waals surface area (Å²) in [5.74, 6) is -0.642. The molecule has 0 unspecified atom stereocenters. The fraction of sp³-hybridized carbons (Fsp3) is 0.333. The van der Waals surface area contributed by atoms with Crippen LogP contribution in [0.2, 0.25) is 0 Å². The van der Waals surface area contributed by atoms with Crippen LogP contribution in [0.25, 0.3) is 11.1 Å². The van der Waals surface area contributed by atoms with Crippen LogP contribution in [0, 0.1) is 5.41 Å². The third kappa shape index (κ3) is 8.06. The molecule has 4 rings (SSSR count). The highest BCUT2D eigenvalue weighted by Crippen LogP contribution is 2.44. The topological polar surface area (TPSA) is 140 Å². The quantitative estimate of drug-likeness (QED) is 0.295. The van der Waals surface area contributed by atoms with Crippen LogP contribution in [0.15, 0.2) is 66.7 Å². The number of alkyl carbamates (subject to hydrolysis) is 1. The molecule has 1 aliphatic rings. The third-order valence-electron chi connectivity index (χ3n) is 6.33. The number of amides is 2. The van der Waals surface area contributed by atoms with Crippen molar-refractivity contribution in [2.45, 2.75) is 39.7 Å². The first kappa shape index (κ1) is 30.0. The Balaban J connectivity index is 1.27. The van der Waals surface area contributed by atoms with Crippen LogP contribution in [-0.4, -0.2) is 45.3 Å². The van der Waals surface area contributed by atoms with Gasteiger partial charge in [-0.25, -0.2) is 8.98 Å². The molecule has 0 saturated heterocycles. The maximum Gasteiger partial charge on any atom is 0.449 e. The van der Waals surface area contributed by atoms with E-state index in [0.29, 0.717) is 5.56 Å². The average molecular weight is 583 g/mol. The minimum atomic E-state index is -4.34. The smallest absolute Gasteiger partial charge is 0.449 e. The Morgan fingerprint density at radius 2 is 1.59 bits per heavy atom. The number of carbonyl (C=O) groups is 2. The van der Waals surface area contributed by atoms with Gasteiger partial charge in [0, 0.05) is 36.2 Å². The van der Waals surface area contributed by atoms with Crippen LogP contribution in [0.4, 0.5) is 10.5 Å². The van der Waals surface area contributed by atoms with Gasteiger partial charge in [-0.1, -0.05) is 75.4 Å². The number of aliphatic hydroxyl groups excluding tert-OH is 1. The Hall–Kier alpha value is -3.93. The van der Waals surface area contributed by atoms with Crippen molar-refractivity contribution in [3.05, 3.63) is 83.4 Å². The molecule has 10 nitrogen and oxygen atoms in total. The van der Waals surface area contributed by atoms with Crippen LogP contribution >= 0.6 is 0 Å². The first-order chi connectivity index (χ1) is 19.5. The standard InChI is InChI=1S/C30H34N2O8S/c1-30(2,3)19-39-41(36,37)40-21-13-12-20(17-33)27(16-21)32-28(34)14-15-31-29(35)38-18-26-24-10-6-4-8-22(24)23-9-5-7-11-25(23)26/h4-13,16,26,33H,14-15,17-19H2,1-3H3,(H,31,35)(H,32,34). The summed E-state index contributed by atoms with van der Waals surface area (Å²) in [7, 11) is -4.34. The monoisotopic (exact) mass is 582 g/mol. The summed E-state index contributed by atoms with van der Waals surface area (Å²) >= 11 is 0. The van der Waals surface area contributed by atoms with Crippen molar-refractivity contribution < 1.29 is 36.2 Å². The number of rotatable bonds is 11. The molecular weight excluding hydrogens is 548 g/mol. The maximum absolute atomic E-state index is 12.5. The van der Waals surface area contributed by atoms with E-state index in [4.69, 9.17) is 13.1 Å².